The standard InChI is InChI=1S/C15H20N6OS/c1-9-10(2)16-8-17-14(9)20-5-11-4-12(6-20)21(11)15-18-13(7-22-3)19-23-15/h8,11-12H,4-7H2,1-3H3. The monoisotopic (exact) mass is 332 g/mol. The molecule has 0 radical (unpaired) electrons. The van der Waals surface area contributed by atoms with Crippen molar-refractivity contribution in [2.75, 3.05) is 30.0 Å². The van der Waals surface area contributed by atoms with E-state index in [0.717, 1.165) is 35.6 Å². The number of piperazine rings is 1. The summed E-state index contributed by atoms with van der Waals surface area (Å²) in [4.78, 5) is 18.2. The Morgan fingerprint density at radius 1 is 1.26 bits per heavy atom. The summed E-state index contributed by atoms with van der Waals surface area (Å²) in [6, 6.07) is 0.985. The van der Waals surface area contributed by atoms with E-state index in [1.54, 1.807) is 13.4 Å². The van der Waals surface area contributed by atoms with E-state index >= 15 is 0 Å². The number of hydrogen-bond donors (Lipinski definition) is 0. The summed E-state index contributed by atoms with van der Waals surface area (Å²) in [5, 5.41) is 1.02. The summed E-state index contributed by atoms with van der Waals surface area (Å²) in [5.41, 5.74) is 2.23. The Hall–Kier alpha value is -1.80. The third-order valence-electron chi connectivity index (χ3n) is 4.75. The molecular weight excluding hydrogens is 312 g/mol. The van der Waals surface area contributed by atoms with Gasteiger partial charge in [0.1, 0.15) is 18.8 Å². The van der Waals surface area contributed by atoms with E-state index in [0.29, 0.717) is 18.7 Å². The number of fused-ring (bicyclic) bond motifs is 2. The molecule has 5 rings (SSSR count). The maximum absolute atomic E-state index is 5.11. The summed E-state index contributed by atoms with van der Waals surface area (Å²) < 4.78 is 9.48. The van der Waals surface area contributed by atoms with E-state index in [-0.39, 0.29) is 0 Å². The average Bonchev–Trinajstić information content (AvgIpc) is 2.98. The molecule has 2 bridgehead atoms. The quantitative estimate of drug-likeness (QED) is 0.841. The van der Waals surface area contributed by atoms with E-state index in [9.17, 15) is 0 Å². The van der Waals surface area contributed by atoms with Crippen LogP contribution < -0.4 is 9.80 Å². The van der Waals surface area contributed by atoms with Gasteiger partial charge < -0.3 is 14.5 Å². The third kappa shape index (κ3) is 2.46. The molecule has 0 aromatic carbocycles. The second-order valence-electron chi connectivity index (χ2n) is 6.19. The van der Waals surface area contributed by atoms with E-state index in [1.807, 2.05) is 6.92 Å². The second kappa shape index (κ2) is 5.68. The Balaban J connectivity index is 1.50. The molecule has 23 heavy (non-hydrogen) atoms. The average molecular weight is 332 g/mol. The number of ether oxygens (including phenoxy) is 1. The highest BCUT2D eigenvalue weighted by molar-refractivity contribution is 7.09. The van der Waals surface area contributed by atoms with Crippen LogP contribution in [0, 0.1) is 13.8 Å². The number of hydrogen-bond acceptors (Lipinski definition) is 8. The van der Waals surface area contributed by atoms with Crippen LogP contribution in [0.2, 0.25) is 0 Å². The lowest BCUT2D eigenvalue weighted by molar-refractivity contribution is 0.178. The van der Waals surface area contributed by atoms with Gasteiger partial charge in [-0.05, 0) is 20.3 Å². The number of nitrogens with zero attached hydrogens (tertiary/aromatic N) is 6. The van der Waals surface area contributed by atoms with Crippen molar-refractivity contribution in [1.29, 1.82) is 0 Å². The topological polar surface area (TPSA) is 67.3 Å². The van der Waals surface area contributed by atoms with Crippen molar-refractivity contribution >= 4 is 22.5 Å². The number of aryl methyl sites for hydroxylation is 1. The highest BCUT2D eigenvalue weighted by Gasteiger charge is 2.46. The van der Waals surface area contributed by atoms with Crippen LogP contribution in [0.5, 0.6) is 0 Å². The van der Waals surface area contributed by atoms with Gasteiger partial charge in [-0.2, -0.15) is 4.37 Å². The van der Waals surface area contributed by atoms with Gasteiger partial charge in [-0.1, -0.05) is 0 Å². The minimum atomic E-state index is 0.477. The molecule has 0 amide bonds. The van der Waals surface area contributed by atoms with Crippen molar-refractivity contribution in [3.8, 4) is 0 Å². The Labute approximate surface area is 139 Å². The third-order valence-corrected chi connectivity index (χ3v) is 5.52. The Kier molecular flexibility index (Phi) is 3.65. The highest BCUT2D eigenvalue weighted by Crippen LogP contribution is 2.39. The Bertz CT molecular complexity index is 708. The first-order valence-electron chi connectivity index (χ1n) is 7.80. The van der Waals surface area contributed by atoms with Crippen LogP contribution in [0.25, 0.3) is 0 Å². The molecule has 3 aliphatic heterocycles. The predicted molar refractivity (Wildman–Crippen MR) is 89.0 cm³/mol. The van der Waals surface area contributed by atoms with Gasteiger partial charge in [0.25, 0.3) is 0 Å². The first kappa shape index (κ1) is 14.8. The van der Waals surface area contributed by atoms with Gasteiger partial charge in [-0.3, -0.25) is 0 Å². The van der Waals surface area contributed by atoms with Crippen molar-refractivity contribution in [1.82, 2.24) is 19.3 Å². The zero-order valence-electron chi connectivity index (χ0n) is 13.6. The van der Waals surface area contributed by atoms with E-state index in [4.69, 9.17) is 4.74 Å². The van der Waals surface area contributed by atoms with Crippen molar-refractivity contribution in [2.45, 2.75) is 39.0 Å². The van der Waals surface area contributed by atoms with Gasteiger partial charge in [0, 0.05) is 43.0 Å². The lowest BCUT2D eigenvalue weighted by atomic mass is 9.88. The summed E-state index contributed by atoms with van der Waals surface area (Å²) in [5.74, 6) is 1.85. The largest absolute Gasteiger partial charge is 0.377 e. The smallest absolute Gasteiger partial charge is 0.205 e. The minimum Gasteiger partial charge on any atom is -0.377 e. The highest BCUT2D eigenvalue weighted by atomic mass is 32.1. The molecule has 2 aromatic rings. The SMILES string of the molecule is COCc1nsc(N2C3CC2CN(c2ncnc(C)c2C)C3)n1. The normalized spacial score (nSPS) is 23.1. The number of piperidine rings is 1. The van der Waals surface area contributed by atoms with Gasteiger partial charge >= 0.3 is 0 Å². The zero-order chi connectivity index (χ0) is 16.0. The van der Waals surface area contributed by atoms with Crippen LogP contribution in [-0.4, -0.2) is 51.6 Å². The summed E-state index contributed by atoms with van der Waals surface area (Å²) in [6.45, 7) is 6.58. The fourth-order valence-electron chi connectivity index (χ4n) is 3.48. The van der Waals surface area contributed by atoms with Gasteiger partial charge in [-0.15, -0.1) is 0 Å². The van der Waals surface area contributed by atoms with Crippen molar-refractivity contribution < 1.29 is 4.74 Å². The number of aromatic nitrogens is 4. The summed E-state index contributed by atoms with van der Waals surface area (Å²) in [6.07, 6.45) is 2.89. The van der Waals surface area contributed by atoms with E-state index in [2.05, 4.69) is 36.0 Å². The van der Waals surface area contributed by atoms with Crippen molar-refractivity contribution in [2.24, 2.45) is 0 Å². The molecule has 3 aliphatic rings. The van der Waals surface area contributed by atoms with Crippen LogP contribution in [0.1, 0.15) is 23.5 Å². The first-order valence-corrected chi connectivity index (χ1v) is 8.57. The Morgan fingerprint density at radius 3 is 2.78 bits per heavy atom. The predicted octanol–water partition coefficient (Wildman–Crippen LogP) is 1.56. The van der Waals surface area contributed by atoms with Gasteiger partial charge in [0.2, 0.25) is 5.13 Å². The molecule has 3 fully saturated rings. The molecule has 5 heterocycles. The van der Waals surface area contributed by atoms with E-state index < -0.39 is 0 Å². The molecular formula is C15H20N6OS. The molecule has 3 saturated heterocycles. The van der Waals surface area contributed by atoms with Crippen LogP contribution in [0.3, 0.4) is 0 Å². The van der Waals surface area contributed by atoms with Crippen molar-refractivity contribution in [3.05, 3.63) is 23.4 Å². The van der Waals surface area contributed by atoms with Gasteiger partial charge in [-0.25, -0.2) is 15.0 Å². The van der Waals surface area contributed by atoms with Gasteiger partial charge in [0.15, 0.2) is 5.82 Å². The van der Waals surface area contributed by atoms with Crippen LogP contribution in [0.15, 0.2) is 6.33 Å². The molecule has 2 aromatic heterocycles. The molecule has 7 nitrogen and oxygen atoms in total. The first-order chi connectivity index (χ1) is 11.2. The Morgan fingerprint density at radius 2 is 2.04 bits per heavy atom. The molecule has 0 aliphatic carbocycles. The molecule has 0 N–H and O–H groups in total. The number of anilines is 2. The van der Waals surface area contributed by atoms with Gasteiger partial charge in [0.05, 0.1) is 12.1 Å². The fraction of sp³-hybridized carbons (Fsp3) is 0.600. The molecule has 0 spiro atoms. The van der Waals surface area contributed by atoms with Crippen LogP contribution >= 0.6 is 11.5 Å². The van der Waals surface area contributed by atoms with Crippen LogP contribution in [-0.2, 0) is 11.3 Å². The zero-order valence-corrected chi connectivity index (χ0v) is 14.4. The second-order valence-corrected chi connectivity index (χ2v) is 6.92. The number of rotatable bonds is 4. The lowest BCUT2D eigenvalue weighted by Gasteiger charge is -2.56. The molecule has 122 valence electrons. The summed E-state index contributed by atoms with van der Waals surface area (Å²) >= 11 is 1.47. The maximum atomic E-state index is 5.11. The molecule has 2 unspecified atom stereocenters. The number of methoxy groups -OCH3 is 1. The molecule has 2 atom stereocenters. The lowest BCUT2D eigenvalue weighted by Crippen LogP contribution is -2.69. The minimum absolute atomic E-state index is 0.477. The maximum Gasteiger partial charge on any atom is 0.205 e. The molecule has 8 heteroatoms. The fourth-order valence-corrected chi connectivity index (χ4v) is 4.30. The summed E-state index contributed by atoms with van der Waals surface area (Å²) in [7, 11) is 1.67. The van der Waals surface area contributed by atoms with E-state index in [1.165, 1.54) is 23.5 Å². The van der Waals surface area contributed by atoms with Crippen molar-refractivity contribution in [3.63, 3.8) is 0 Å². The molecule has 0 saturated carbocycles. The van der Waals surface area contributed by atoms with Crippen LogP contribution in [0.4, 0.5) is 10.9 Å².